The monoisotopic (exact) mass is 452 g/mol. The Bertz CT molecular complexity index is 965. The fraction of sp³-hybridized carbons (Fsp3) is 0.423. The Labute approximate surface area is 194 Å². The van der Waals surface area contributed by atoms with Gasteiger partial charge in [-0.25, -0.2) is 9.59 Å². The number of alkyl carbamates (subject to hydrolysis) is 1. The van der Waals surface area contributed by atoms with E-state index in [0.717, 1.165) is 6.54 Å². The minimum absolute atomic E-state index is 0.202. The van der Waals surface area contributed by atoms with Gasteiger partial charge < -0.3 is 20.1 Å². The average Bonchev–Trinajstić information content (AvgIpc) is 3.32. The molecule has 1 heterocycles. The van der Waals surface area contributed by atoms with Crippen molar-refractivity contribution in [3.63, 3.8) is 0 Å². The first-order valence-corrected chi connectivity index (χ1v) is 11.2. The van der Waals surface area contributed by atoms with E-state index >= 15 is 0 Å². The van der Waals surface area contributed by atoms with Crippen LogP contribution in [-0.2, 0) is 14.3 Å². The van der Waals surface area contributed by atoms with E-state index in [-0.39, 0.29) is 11.7 Å². The van der Waals surface area contributed by atoms with E-state index in [2.05, 4.69) is 10.6 Å². The first-order valence-electron chi connectivity index (χ1n) is 11.2. The summed E-state index contributed by atoms with van der Waals surface area (Å²) in [6.07, 6.45) is -0.0513. The molecule has 1 aliphatic heterocycles. The summed E-state index contributed by atoms with van der Waals surface area (Å²) in [7, 11) is 0. The van der Waals surface area contributed by atoms with Gasteiger partial charge in [0.25, 0.3) is 0 Å². The van der Waals surface area contributed by atoms with Gasteiger partial charge in [-0.3, -0.25) is 4.79 Å². The fourth-order valence-corrected chi connectivity index (χ4v) is 3.93. The highest BCUT2D eigenvalue weighted by Crippen LogP contribution is 2.33. The zero-order valence-electron chi connectivity index (χ0n) is 19.6. The van der Waals surface area contributed by atoms with E-state index in [1.54, 1.807) is 76.2 Å². The molecule has 0 aromatic heterocycles. The Balaban J connectivity index is 1.91. The third-order valence-electron chi connectivity index (χ3n) is 5.67. The van der Waals surface area contributed by atoms with Crippen LogP contribution >= 0.6 is 0 Å². The van der Waals surface area contributed by atoms with Gasteiger partial charge in [0.1, 0.15) is 5.60 Å². The molecule has 33 heavy (non-hydrogen) atoms. The highest BCUT2D eigenvalue weighted by atomic mass is 16.6. The van der Waals surface area contributed by atoms with Gasteiger partial charge in [0, 0.05) is 18.0 Å². The first kappa shape index (κ1) is 24.5. The molecule has 176 valence electrons. The minimum Gasteiger partial charge on any atom is -0.449 e. The predicted octanol–water partition coefficient (Wildman–Crippen LogP) is 4.05. The number of rotatable bonds is 7. The second-order valence-electron chi connectivity index (χ2n) is 9.40. The van der Waals surface area contributed by atoms with E-state index < -0.39 is 29.3 Å². The molecular weight excluding hydrogens is 420 g/mol. The summed E-state index contributed by atoms with van der Waals surface area (Å²) in [5.41, 5.74) is -1.13. The van der Waals surface area contributed by atoms with E-state index in [4.69, 9.17) is 9.47 Å². The molecule has 1 aliphatic rings. The maximum atomic E-state index is 13.5. The van der Waals surface area contributed by atoms with Gasteiger partial charge in [-0.15, -0.1) is 0 Å². The number of hydrogen-bond donors (Lipinski definition) is 2. The smallest absolute Gasteiger partial charge is 0.408 e. The van der Waals surface area contributed by atoms with E-state index in [1.165, 1.54) is 0 Å². The lowest BCUT2D eigenvalue weighted by atomic mass is 9.81. The van der Waals surface area contributed by atoms with Crippen LogP contribution in [0.25, 0.3) is 0 Å². The highest BCUT2D eigenvalue weighted by molar-refractivity contribution is 6.03. The molecule has 2 N–H and O–H groups in total. The summed E-state index contributed by atoms with van der Waals surface area (Å²) >= 11 is 0. The number of ether oxygens (including phenoxy) is 2. The van der Waals surface area contributed by atoms with Crippen LogP contribution in [0, 0.1) is 5.92 Å². The number of ketones is 1. The molecular formula is C26H32N2O5. The van der Waals surface area contributed by atoms with Crippen LogP contribution in [0.3, 0.4) is 0 Å². The van der Waals surface area contributed by atoms with Crippen LogP contribution in [0.2, 0.25) is 0 Å². The van der Waals surface area contributed by atoms with Crippen molar-refractivity contribution in [1.82, 2.24) is 10.6 Å². The minimum atomic E-state index is -1.40. The molecule has 0 bridgehead atoms. The zero-order chi connectivity index (χ0) is 24.1. The lowest BCUT2D eigenvalue weighted by Crippen LogP contribution is -2.50. The molecule has 3 rings (SSSR count). The van der Waals surface area contributed by atoms with E-state index in [0.29, 0.717) is 24.1 Å². The zero-order valence-corrected chi connectivity index (χ0v) is 19.6. The lowest BCUT2D eigenvalue weighted by Gasteiger charge is -2.35. The van der Waals surface area contributed by atoms with Gasteiger partial charge in [-0.1, -0.05) is 60.7 Å². The summed E-state index contributed by atoms with van der Waals surface area (Å²) in [6.45, 7) is 8.17. The van der Waals surface area contributed by atoms with Crippen LogP contribution in [0.1, 0.15) is 56.1 Å². The number of carbonyl (C=O) groups excluding carboxylic acids is 3. The summed E-state index contributed by atoms with van der Waals surface area (Å²) in [4.78, 5) is 39.5. The number of hydrogen-bond acceptors (Lipinski definition) is 6. The van der Waals surface area contributed by atoms with Gasteiger partial charge in [-0.2, -0.15) is 0 Å². The molecule has 2 aromatic carbocycles. The van der Waals surface area contributed by atoms with E-state index in [9.17, 15) is 14.4 Å². The second kappa shape index (κ2) is 10.2. The van der Waals surface area contributed by atoms with Gasteiger partial charge in [0.05, 0.1) is 0 Å². The standard InChI is InChI=1S/C26H32N2O5/c1-25(2,3)33-24(31)28-21(18-11-7-5-8-12-18)23(30)32-26(4,20-15-16-27-17-20)22(29)19-13-9-6-10-14-19/h5-14,20-21,27H,15-17H2,1-4H3,(H,28,31)/t20-,21?,26?/m1/s1. The third kappa shape index (κ3) is 6.20. The molecule has 3 atom stereocenters. The number of nitrogens with one attached hydrogen (secondary N) is 2. The van der Waals surface area contributed by atoms with Crippen molar-refractivity contribution in [2.24, 2.45) is 5.92 Å². The maximum absolute atomic E-state index is 13.5. The molecule has 0 radical (unpaired) electrons. The van der Waals surface area contributed by atoms with Gasteiger partial charge >= 0.3 is 12.1 Å². The number of Topliss-reactive ketones (excluding diaryl/α,β-unsaturated/α-hetero) is 1. The molecule has 0 saturated carbocycles. The van der Waals surface area contributed by atoms with Crippen molar-refractivity contribution in [1.29, 1.82) is 0 Å². The average molecular weight is 453 g/mol. The molecule has 0 spiro atoms. The highest BCUT2D eigenvalue weighted by Gasteiger charge is 2.47. The van der Waals surface area contributed by atoms with Crippen LogP contribution in [0.4, 0.5) is 4.79 Å². The molecule has 7 nitrogen and oxygen atoms in total. The SMILES string of the molecule is CC(C)(C)OC(=O)NC(C(=O)OC(C)(C(=O)c1ccccc1)[C@@H]1CCNC1)c1ccccc1. The number of benzene rings is 2. The van der Waals surface area contributed by atoms with Gasteiger partial charge in [0.15, 0.2) is 11.6 Å². The summed E-state index contributed by atoms with van der Waals surface area (Å²) in [5, 5.41) is 5.86. The maximum Gasteiger partial charge on any atom is 0.408 e. The Morgan fingerprint density at radius 3 is 2.09 bits per heavy atom. The summed E-state index contributed by atoms with van der Waals surface area (Å²) in [6, 6.07) is 16.5. The van der Waals surface area contributed by atoms with Crippen LogP contribution in [-0.4, -0.2) is 42.1 Å². The summed E-state index contributed by atoms with van der Waals surface area (Å²) < 4.78 is 11.3. The number of esters is 1. The Morgan fingerprint density at radius 1 is 0.939 bits per heavy atom. The quantitative estimate of drug-likeness (QED) is 0.486. The van der Waals surface area contributed by atoms with Gasteiger partial charge in [-0.05, 0) is 46.2 Å². The molecule has 2 unspecified atom stereocenters. The Hall–Kier alpha value is -3.19. The normalized spacial score (nSPS) is 18.6. The molecule has 1 fully saturated rings. The van der Waals surface area contributed by atoms with Crippen LogP contribution in [0.5, 0.6) is 0 Å². The van der Waals surface area contributed by atoms with Crippen molar-refractivity contribution in [3.05, 3.63) is 71.8 Å². The second-order valence-corrected chi connectivity index (χ2v) is 9.40. The molecule has 1 saturated heterocycles. The first-order chi connectivity index (χ1) is 15.6. The third-order valence-corrected chi connectivity index (χ3v) is 5.67. The number of amides is 1. The molecule has 7 heteroatoms. The van der Waals surface area contributed by atoms with Crippen molar-refractivity contribution < 1.29 is 23.9 Å². The lowest BCUT2D eigenvalue weighted by molar-refractivity contribution is -0.160. The van der Waals surface area contributed by atoms with E-state index in [1.807, 2.05) is 12.1 Å². The van der Waals surface area contributed by atoms with Crippen LogP contribution < -0.4 is 10.6 Å². The largest absolute Gasteiger partial charge is 0.449 e. The van der Waals surface area contributed by atoms with Crippen molar-refractivity contribution >= 4 is 17.8 Å². The molecule has 0 aliphatic carbocycles. The topological polar surface area (TPSA) is 93.7 Å². The van der Waals surface area contributed by atoms with Crippen molar-refractivity contribution in [3.8, 4) is 0 Å². The summed E-state index contributed by atoms with van der Waals surface area (Å²) in [5.74, 6) is -1.19. The predicted molar refractivity (Wildman–Crippen MR) is 125 cm³/mol. The van der Waals surface area contributed by atoms with Gasteiger partial charge in [0.2, 0.25) is 5.78 Å². The van der Waals surface area contributed by atoms with Crippen LogP contribution in [0.15, 0.2) is 60.7 Å². The van der Waals surface area contributed by atoms with Crippen molar-refractivity contribution in [2.75, 3.05) is 13.1 Å². The van der Waals surface area contributed by atoms with Crippen molar-refractivity contribution in [2.45, 2.75) is 51.4 Å². The fourth-order valence-electron chi connectivity index (χ4n) is 3.93. The Morgan fingerprint density at radius 2 is 1.55 bits per heavy atom. The Kier molecular flexibility index (Phi) is 7.53. The molecule has 1 amide bonds. The molecule has 2 aromatic rings. The number of carbonyl (C=O) groups is 3.